The zero-order valence-electron chi connectivity index (χ0n) is 7.90. The third kappa shape index (κ3) is 2.73. The summed E-state index contributed by atoms with van der Waals surface area (Å²) < 4.78 is 4.75. The molecule has 4 heteroatoms. The molecular weight excluding hydrogens is 184 g/mol. The van der Waals surface area contributed by atoms with E-state index < -0.39 is 11.9 Å². The van der Waals surface area contributed by atoms with E-state index in [0.29, 0.717) is 12.0 Å². The van der Waals surface area contributed by atoms with Crippen molar-refractivity contribution in [2.75, 3.05) is 0 Å². The number of ketones is 1. The quantitative estimate of drug-likeness (QED) is 0.731. The first kappa shape index (κ1) is 10.5. The molecule has 0 aliphatic rings. The number of Topliss-reactive ketones (excluding diaryl/α,β-unsaturated/α-hetero) is 1. The minimum atomic E-state index is -0.870. The fourth-order valence-corrected chi connectivity index (χ4v) is 1.04. The van der Waals surface area contributed by atoms with E-state index in [-0.39, 0.29) is 12.2 Å². The Bertz CT molecular complexity index is 313. The lowest BCUT2D eigenvalue weighted by Crippen LogP contribution is -2.11. The van der Waals surface area contributed by atoms with Gasteiger partial charge >= 0.3 is 5.97 Å². The summed E-state index contributed by atoms with van der Waals surface area (Å²) in [6, 6.07) is 1.58. The van der Waals surface area contributed by atoms with Gasteiger partial charge in [0.05, 0.1) is 17.7 Å². The zero-order chi connectivity index (χ0) is 10.6. The summed E-state index contributed by atoms with van der Waals surface area (Å²) in [4.78, 5) is 21.8. The molecule has 0 radical (unpaired) electrons. The van der Waals surface area contributed by atoms with Gasteiger partial charge in [-0.3, -0.25) is 9.59 Å². The molecule has 1 aromatic rings. The molecule has 1 rings (SSSR count). The van der Waals surface area contributed by atoms with Gasteiger partial charge in [-0.2, -0.15) is 0 Å². The molecule has 0 aromatic carbocycles. The fourth-order valence-electron chi connectivity index (χ4n) is 1.04. The Morgan fingerprint density at radius 3 is 2.79 bits per heavy atom. The van der Waals surface area contributed by atoms with E-state index in [4.69, 9.17) is 9.52 Å². The van der Waals surface area contributed by atoms with Crippen molar-refractivity contribution >= 4 is 11.8 Å². The predicted molar refractivity (Wildman–Crippen MR) is 49.1 cm³/mol. The van der Waals surface area contributed by atoms with Crippen molar-refractivity contribution in [1.29, 1.82) is 0 Å². The second kappa shape index (κ2) is 4.60. The molecule has 0 fully saturated rings. The number of carboxylic acids is 1. The number of carbonyl (C=O) groups is 2. The lowest BCUT2D eigenvalue weighted by molar-refractivity contribution is -0.141. The number of furan rings is 1. The van der Waals surface area contributed by atoms with E-state index in [2.05, 4.69) is 0 Å². The number of rotatable bonds is 5. The molecule has 14 heavy (non-hydrogen) atoms. The van der Waals surface area contributed by atoms with E-state index in [1.54, 1.807) is 13.0 Å². The standard InChI is InChI=1S/C10H12O4/c1-7(10(12)13)2-3-9(11)8-4-5-14-6-8/h4-7H,2-3H2,1H3,(H,12,13)/t7-/m0/s1. The molecule has 0 aliphatic heterocycles. The SMILES string of the molecule is C[C@@H](CCC(=O)c1ccoc1)C(=O)O. The van der Waals surface area contributed by atoms with Crippen LogP contribution in [0.15, 0.2) is 23.0 Å². The molecule has 76 valence electrons. The Morgan fingerprint density at radius 1 is 1.57 bits per heavy atom. The van der Waals surface area contributed by atoms with Crippen LogP contribution in [0.4, 0.5) is 0 Å². The van der Waals surface area contributed by atoms with Crippen LogP contribution in [-0.4, -0.2) is 16.9 Å². The van der Waals surface area contributed by atoms with Gasteiger partial charge in [-0.15, -0.1) is 0 Å². The highest BCUT2D eigenvalue weighted by Crippen LogP contribution is 2.11. The molecule has 1 atom stereocenters. The van der Waals surface area contributed by atoms with Gasteiger partial charge in [0.2, 0.25) is 0 Å². The van der Waals surface area contributed by atoms with Crippen LogP contribution in [0, 0.1) is 5.92 Å². The first-order chi connectivity index (χ1) is 6.61. The number of carboxylic acid groups (broad SMARTS) is 1. The first-order valence-corrected chi connectivity index (χ1v) is 4.39. The molecule has 0 saturated heterocycles. The second-order valence-corrected chi connectivity index (χ2v) is 3.21. The minimum absolute atomic E-state index is 0.0770. The van der Waals surface area contributed by atoms with Crippen LogP contribution < -0.4 is 0 Å². The maximum atomic E-state index is 11.4. The Labute approximate surface area is 81.5 Å². The van der Waals surface area contributed by atoms with Gasteiger partial charge in [-0.25, -0.2) is 0 Å². The Kier molecular flexibility index (Phi) is 3.45. The van der Waals surface area contributed by atoms with Crippen LogP contribution in [0.5, 0.6) is 0 Å². The monoisotopic (exact) mass is 196 g/mol. The van der Waals surface area contributed by atoms with Crippen molar-refractivity contribution < 1.29 is 19.1 Å². The van der Waals surface area contributed by atoms with E-state index in [9.17, 15) is 9.59 Å². The molecular formula is C10H12O4. The number of carbonyl (C=O) groups excluding carboxylic acids is 1. The molecule has 0 saturated carbocycles. The molecule has 1 heterocycles. The van der Waals surface area contributed by atoms with Crippen LogP contribution in [-0.2, 0) is 4.79 Å². The summed E-state index contributed by atoms with van der Waals surface area (Å²) in [5.74, 6) is -1.43. The second-order valence-electron chi connectivity index (χ2n) is 3.21. The summed E-state index contributed by atoms with van der Waals surface area (Å²) >= 11 is 0. The number of hydrogen-bond acceptors (Lipinski definition) is 3. The maximum Gasteiger partial charge on any atom is 0.306 e. The Balaban J connectivity index is 2.40. The average molecular weight is 196 g/mol. The van der Waals surface area contributed by atoms with Crippen molar-refractivity contribution in [1.82, 2.24) is 0 Å². The Hall–Kier alpha value is -1.58. The van der Waals surface area contributed by atoms with Crippen LogP contribution in [0.1, 0.15) is 30.1 Å². The highest BCUT2D eigenvalue weighted by molar-refractivity contribution is 5.95. The summed E-state index contributed by atoms with van der Waals surface area (Å²) in [7, 11) is 0. The third-order valence-corrected chi connectivity index (χ3v) is 2.07. The van der Waals surface area contributed by atoms with Crippen LogP contribution in [0.25, 0.3) is 0 Å². The average Bonchev–Trinajstić information content (AvgIpc) is 2.66. The summed E-state index contributed by atoms with van der Waals surface area (Å²) in [6.45, 7) is 1.59. The van der Waals surface area contributed by atoms with E-state index in [1.165, 1.54) is 12.5 Å². The van der Waals surface area contributed by atoms with Gasteiger partial charge in [-0.1, -0.05) is 6.92 Å². The molecule has 0 spiro atoms. The molecule has 0 bridgehead atoms. The van der Waals surface area contributed by atoms with Crippen molar-refractivity contribution in [3.05, 3.63) is 24.2 Å². The molecule has 0 amide bonds. The van der Waals surface area contributed by atoms with Crippen molar-refractivity contribution in [2.24, 2.45) is 5.92 Å². The van der Waals surface area contributed by atoms with Crippen molar-refractivity contribution in [3.63, 3.8) is 0 Å². The minimum Gasteiger partial charge on any atom is -0.481 e. The topological polar surface area (TPSA) is 67.5 Å². The van der Waals surface area contributed by atoms with Crippen LogP contribution >= 0.6 is 0 Å². The summed E-state index contributed by atoms with van der Waals surface area (Å²) in [5.41, 5.74) is 0.502. The van der Waals surface area contributed by atoms with Gasteiger partial charge in [-0.05, 0) is 12.5 Å². The van der Waals surface area contributed by atoms with Gasteiger partial charge < -0.3 is 9.52 Å². The predicted octanol–water partition coefficient (Wildman–Crippen LogP) is 1.96. The van der Waals surface area contributed by atoms with Gasteiger partial charge in [0.25, 0.3) is 0 Å². The first-order valence-electron chi connectivity index (χ1n) is 4.39. The maximum absolute atomic E-state index is 11.4. The van der Waals surface area contributed by atoms with E-state index in [0.717, 1.165) is 0 Å². The zero-order valence-corrected chi connectivity index (χ0v) is 7.90. The molecule has 1 N–H and O–H groups in total. The third-order valence-electron chi connectivity index (χ3n) is 2.07. The largest absolute Gasteiger partial charge is 0.481 e. The van der Waals surface area contributed by atoms with Crippen molar-refractivity contribution in [3.8, 4) is 0 Å². The van der Waals surface area contributed by atoms with Crippen LogP contribution in [0.3, 0.4) is 0 Å². The smallest absolute Gasteiger partial charge is 0.306 e. The Morgan fingerprint density at radius 2 is 2.29 bits per heavy atom. The van der Waals surface area contributed by atoms with E-state index >= 15 is 0 Å². The van der Waals surface area contributed by atoms with E-state index in [1.807, 2.05) is 0 Å². The number of hydrogen-bond donors (Lipinski definition) is 1. The van der Waals surface area contributed by atoms with Crippen molar-refractivity contribution in [2.45, 2.75) is 19.8 Å². The van der Waals surface area contributed by atoms with Gasteiger partial charge in [0.15, 0.2) is 5.78 Å². The molecule has 0 unspecified atom stereocenters. The van der Waals surface area contributed by atoms with Gasteiger partial charge in [0.1, 0.15) is 6.26 Å². The lowest BCUT2D eigenvalue weighted by atomic mass is 10.0. The molecule has 4 nitrogen and oxygen atoms in total. The molecule has 0 aliphatic carbocycles. The molecule has 1 aromatic heterocycles. The summed E-state index contributed by atoms with van der Waals surface area (Å²) in [5, 5.41) is 8.60. The lowest BCUT2D eigenvalue weighted by Gasteiger charge is -2.03. The number of aliphatic carboxylic acids is 1. The highest BCUT2D eigenvalue weighted by atomic mass is 16.4. The fraction of sp³-hybridized carbons (Fsp3) is 0.400. The van der Waals surface area contributed by atoms with Crippen LogP contribution in [0.2, 0.25) is 0 Å². The van der Waals surface area contributed by atoms with Gasteiger partial charge in [0, 0.05) is 6.42 Å². The summed E-state index contributed by atoms with van der Waals surface area (Å²) in [6.07, 6.45) is 3.40. The highest BCUT2D eigenvalue weighted by Gasteiger charge is 2.14. The normalized spacial score (nSPS) is 12.4.